The van der Waals surface area contributed by atoms with Gasteiger partial charge in [-0.15, -0.1) is 0 Å². The summed E-state index contributed by atoms with van der Waals surface area (Å²) in [6.07, 6.45) is 6.01. The smallest absolute Gasteiger partial charge is 0.203 e. The summed E-state index contributed by atoms with van der Waals surface area (Å²) in [5, 5.41) is 3.33. The maximum atomic E-state index is 12.9. The number of halogens is 1. The van der Waals surface area contributed by atoms with E-state index in [0.717, 1.165) is 30.9 Å². The SMILES string of the molecule is CCCCNc1nccn1C(C)c1ccc(F)cc1. The molecule has 3 nitrogen and oxygen atoms in total. The molecular formula is C15H20FN3. The van der Waals surface area contributed by atoms with Gasteiger partial charge >= 0.3 is 0 Å². The van der Waals surface area contributed by atoms with E-state index < -0.39 is 0 Å². The molecular weight excluding hydrogens is 241 g/mol. The minimum Gasteiger partial charge on any atom is -0.356 e. The van der Waals surface area contributed by atoms with E-state index in [-0.39, 0.29) is 11.9 Å². The molecule has 0 amide bonds. The van der Waals surface area contributed by atoms with Gasteiger partial charge in [0.05, 0.1) is 6.04 Å². The second kappa shape index (κ2) is 6.36. The largest absolute Gasteiger partial charge is 0.356 e. The van der Waals surface area contributed by atoms with Crippen LogP contribution in [0.4, 0.5) is 10.3 Å². The molecule has 0 fully saturated rings. The summed E-state index contributed by atoms with van der Waals surface area (Å²) in [6, 6.07) is 6.75. The van der Waals surface area contributed by atoms with Crippen molar-refractivity contribution in [3.05, 3.63) is 48.0 Å². The first-order chi connectivity index (χ1) is 9.22. The number of aromatic nitrogens is 2. The molecule has 1 aromatic heterocycles. The molecule has 0 aliphatic heterocycles. The number of nitrogens with zero attached hydrogens (tertiary/aromatic N) is 2. The van der Waals surface area contributed by atoms with Crippen molar-refractivity contribution in [2.45, 2.75) is 32.7 Å². The van der Waals surface area contributed by atoms with Gasteiger partial charge in [-0.2, -0.15) is 0 Å². The molecule has 0 saturated carbocycles. The first-order valence-corrected chi connectivity index (χ1v) is 6.74. The van der Waals surface area contributed by atoms with E-state index in [4.69, 9.17) is 0 Å². The van der Waals surface area contributed by atoms with Crippen molar-refractivity contribution in [2.75, 3.05) is 11.9 Å². The number of unbranched alkanes of at least 4 members (excludes halogenated alkanes) is 1. The Morgan fingerprint density at radius 2 is 2.05 bits per heavy atom. The average molecular weight is 261 g/mol. The molecule has 19 heavy (non-hydrogen) atoms. The van der Waals surface area contributed by atoms with Gasteiger partial charge in [-0.25, -0.2) is 9.37 Å². The van der Waals surface area contributed by atoms with Crippen LogP contribution in [-0.4, -0.2) is 16.1 Å². The highest BCUT2D eigenvalue weighted by atomic mass is 19.1. The van der Waals surface area contributed by atoms with Crippen molar-refractivity contribution >= 4 is 5.95 Å². The van der Waals surface area contributed by atoms with Gasteiger partial charge in [-0.1, -0.05) is 25.5 Å². The standard InChI is InChI=1S/C15H20FN3/c1-3-4-9-17-15-18-10-11-19(15)12(2)13-5-7-14(16)8-6-13/h5-8,10-12H,3-4,9H2,1-2H3,(H,17,18). The van der Waals surface area contributed by atoms with Gasteiger partial charge in [0.1, 0.15) is 5.82 Å². The lowest BCUT2D eigenvalue weighted by Gasteiger charge is -2.17. The number of benzene rings is 1. The van der Waals surface area contributed by atoms with Crippen LogP contribution < -0.4 is 5.32 Å². The molecule has 4 heteroatoms. The number of hydrogen-bond acceptors (Lipinski definition) is 2. The molecule has 1 heterocycles. The molecule has 0 saturated heterocycles. The van der Waals surface area contributed by atoms with Gasteiger partial charge in [-0.05, 0) is 31.0 Å². The third kappa shape index (κ3) is 3.34. The third-order valence-corrected chi connectivity index (χ3v) is 3.25. The van der Waals surface area contributed by atoms with Gasteiger partial charge in [0.25, 0.3) is 0 Å². The lowest BCUT2D eigenvalue weighted by atomic mass is 10.1. The van der Waals surface area contributed by atoms with Gasteiger partial charge in [0, 0.05) is 18.9 Å². The zero-order valence-electron chi connectivity index (χ0n) is 11.4. The number of hydrogen-bond donors (Lipinski definition) is 1. The quantitative estimate of drug-likeness (QED) is 0.801. The highest BCUT2D eigenvalue weighted by Gasteiger charge is 2.11. The molecule has 0 radical (unpaired) electrons. The van der Waals surface area contributed by atoms with Crippen molar-refractivity contribution in [1.82, 2.24) is 9.55 Å². The number of rotatable bonds is 6. The highest BCUT2D eigenvalue weighted by molar-refractivity contribution is 5.30. The summed E-state index contributed by atoms with van der Waals surface area (Å²) in [7, 11) is 0. The average Bonchev–Trinajstić information content (AvgIpc) is 2.87. The van der Waals surface area contributed by atoms with Crippen molar-refractivity contribution in [2.24, 2.45) is 0 Å². The van der Waals surface area contributed by atoms with E-state index in [2.05, 4.69) is 28.7 Å². The van der Waals surface area contributed by atoms with Crippen molar-refractivity contribution in [3.63, 3.8) is 0 Å². The van der Waals surface area contributed by atoms with Crippen LogP contribution in [0.5, 0.6) is 0 Å². The Morgan fingerprint density at radius 1 is 1.32 bits per heavy atom. The first kappa shape index (κ1) is 13.6. The normalized spacial score (nSPS) is 12.4. The van der Waals surface area contributed by atoms with Crippen LogP contribution in [0, 0.1) is 5.82 Å². The predicted molar refractivity (Wildman–Crippen MR) is 75.8 cm³/mol. The van der Waals surface area contributed by atoms with Gasteiger partial charge in [-0.3, -0.25) is 0 Å². The van der Waals surface area contributed by atoms with Crippen molar-refractivity contribution in [1.29, 1.82) is 0 Å². The fraction of sp³-hybridized carbons (Fsp3) is 0.400. The Hall–Kier alpha value is -1.84. The Morgan fingerprint density at radius 3 is 2.74 bits per heavy atom. The summed E-state index contributed by atoms with van der Waals surface area (Å²) in [4.78, 5) is 4.33. The Kier molecular flexibility index (Phi) is 4.55. The van der Waals surface area contributed by atoms with Crippen LogP contribution in [0.15, 0.2) is 36.7 Å². The first-order valence-electron chi connectivity index (χ1n) is 6.74. The van der Waals surface area contributed by atoms with Crippen LogP contribution in [0.2, 0.25) is 0 Å². The second-order valence-corrected chi connectivity index (χ2v) is 4.67. The van der Waals surface area contributed by atoms with Gasteiger partial charge < -0.3 is 9.88 Å². The molecule has 2 rings (SSSR count). The van der Waals surface area contributed by atoms with Crippen LogP contribution >= 0.6 is 0 Å². The fourth-order valence-electron chi connectivity index (χ4n) is 2.04. The van der Waals surface area contributed by atoms with Crippen LogP contribution in [0.3, 0.4) is 0 Å². The fourth-order valence-corrected chi connectivity index (χ4v) is 2.04. The van der Waals surface area contributed by atoms with E-state index in [1.807, 2.05) is 18.3 Å². The summed E-state index contributed by atoms with van der Waals surface area (Å²) in [5.74, 6) is 0.660. The minimum absolute atomic E-state index is 0.132. The zero-order valence-corrected chi connectivity index (χ0v) is 11.4. The number of imidazole rings is 1. The van der Waals surface area contributed by atoms with E-state index in [0.29, 0.717) is 0 Å². The summed E-state index contributed by atoms with van der Waals surface area (Å²) in [6.45, 7) is 5.17. The van der Waals surface area contributed by atoms with E-state index >= 15 is 0 Å². The Labute approximate surface area is 113 Å². The summed E-state index contributed by atoms with van der Waals surface area (Å²) in [5.41, 5.74) is 1.07. The van der Waals surface area contributed by atoms with Crippen LogP contribution in [0.25, 0.3) is 0 Å². The number of anilines is 1. The topological polar surface area (TPSA) is 29.9 Å². The molecule has 1 N–H and O–H groups in total. The molecule has 0 aliphatic rings. The predicted octanol–water partition coefficient (Wildman–Crippen LogP) is 3.84. The molecule has 1 aromatic carbocycles. The monoisotopic (exact) mass is 261 g/mol. The van der Waals surface area contributed by atoms with E-state index in [1.54, 1.807) is 6.20 Å². The zero-order chi connectivity index (χ0) is 13.7. The minimum atomic E-state index is -0.206. The van der Waals surface area contributed by atoms with E-state index in [1.165, 1.54) is 12.1 Å². The maximum Gasteiger partial charge on any atom is 0.203 e. The van der Waals surface area contributed by atoms with Gasteiger partial charge in [0.15, 0.2) is 0 Å². The molecule has 102 valence electrons. The molecule has 0 bridgehead atoms. The number of nitrogens with one attached hydrogen (secondary N) is 1. The molecule has 1 unspecified atom stereocenters. The Balaban J connectivity index is 2.12. The van der Waals surface area contributed by atoms with Crippen molar-refractivity contribution < 1.29 is 4.39 Å². The molecule has 0 aliphatic carbocycles. The maximum absolute atomic E-state index is 12.9. The second-order valence-electron chi connectivity index (χ2n) is 4.67. The third-order valence-electron chi connectivity index (χ3n) is 3.25. The van der Waals surface area contributed by atoms with Crippen LogP contribution in [-0.2, 0) is 0 Å². The molecule has 1 atom stereocenters. The molecule has 2 aromatic rings. The summed E-state index contributed by atoms with van der Waals surface area (Å²) >= 11 is 0. The summed E-state index contributed by atoms with van der Waals surface area (Å²) < 4.78 is 15.0. The lowest BCUT2D eigenvalue weighted by molar-refractivity contribution is 0.616. The van der Waals surface area contributed by atoms with Gasteiger partial charge in [0.2, 0.25) is 5.95 Å². The van der Waals surface area contributed by atoms with E-state index in [9.17, 15) is 4.39 Å². The molecule has 0 spiro atoms. The highest BCUT2D eigenvalue weighted by Crippen LogP contribution is 2.21. The lowest BCUT2D eigenvalue weighted by Crippen LogP contribution is -2.12. The van der Waals surface area contributed by atoms with Crippen LogP contribution in [0.1, 0.15) is 38.3 Å². The Bertz CT molecular complexity index is 504. The van der Waals surface area contributed by atoms with Crippen molar-refractivity contribution in [3.8, 4) is 0 Å².